The molecule has 5 nitrogen and oxygen atoms in total. The summed E-state index contributed by atoms with van der Waals surface area (Å²) in [4.78, 5) is 17.4. The number of alkyl halides is 2. The standard InChI is InChI=1S/C26H26F2N4O/c1-4-26(17-7-5-6-15(10-17)16-8-9-29-19(11-16)23(27)28)18-14-30-32-24(18)31-20-12-25(2,3)13-21(33)22(20)26/h5-11,14,23-24,31H,4,12-13H2,1-3H3/t24?,26-/m0/s1. The van der Waals surface area contributed by atoms with Crippen LogP contribution in [-0.2, 0) is 10.2 Å². The third kappa shape index (κ3) is 3.41. The van der Waals surface area contributed by atoms with Crippen molar-refractivity contribution in [3.63, 3.8) is 0 Å². The Bertz CT molecular complexity index is 1230. The molecule has 5 rings (SSSR count). The maximum Gasteiger partial charge on any atom is 0.280 e. The molecular weight excluding hydrogens is 422 g/mol. The number of fused-ring (bicyclic) bond motifs is 1. The molecule has 1 N–H and O–H groups in total. The number of nitrogens with zero attached hydrogens (tertiary/aromatic N) is 3. The van der Waals surface area contributed by atoms with E-state index in [4.69, 9.17) is 0 Å². The average Bonchev–Trinajstić information content (AvgIpc) is 3.25. The summed E-state index contributed by atoms with van der Waals surface area (Å²) in [7, 11) is 0. The van der Waals surface area contributed by atoms with Gasteiger partial charge in [-0.05, 0) is 53.1 Å². The minimum atomic E-state index is -2.64. The van der Waals surface area contributed by atoms with E-state index in [9.17, 15) is 13.6 Å². The summed E-state index contributed by atoms with van der Waals surface area (Å²) >= 11 is 0. The van der Waals surface area contributed by atoms with Crippen LogP contribution in [0, 0.1) is 5.41 Å². The smallest absolute Gasteiger partial charge is 0.280 e. The number of hydrogen-bond acceptors (Lipinski definition) is 5. The number of carbonyl (C=O) groups is 1. The molecule has 0 amide bonds. The second-order valence-corrected chi connectivity index (χ2v) is 9.77. The summed E-state index contributed by atoms with van der Waals surface area (Å²) < 4.78 is 26.5. The molecule has 1 aromatic carbocycles. The van der Waals surface area contributed by atoms with E-state index in [1.807, 2.05) is 24.3 Å². The van der Waals surface area contributed by atoms with Gasteiger partial charge in [0.15, 0.2) is 11.9 Å². The van der Waals surface area contributed by atoms with Crippen molar-refractivity contribution in [2.75, 3.05) is 0 Å². The molecule has 7 heteroatoms. The average molecular weight is 449 g/mol. The third-order valence-electron chi connectivity index (χ3n) is 7.00. The van der Waals surface area contributed by atoms with Crippen LogP contribution < -0.4 is 5.32 Å². The fraction of sp³-hybridized carbons (Fsp3) is 0.385. The first-order valence-electron chi connectivity index (χ1n) is 11.2. The first kappa shape index (κ1) is 21.6. The lowest BCUT2D eigenvalue weighted by Crippen LogP contribution is -2.51. The van der Waals surface area contributed by atoms with Crippen LogP contribution in [0.5, 0.6) is 0 Å². The van der Waals surface area contributed by atoms with Gasteiger partial charge in [-0.25, -0.2) is 8.78 Å². The lowest BCUT2D eigenvalue weighted by atomic mass is 9.58. The quantitative estimate of drug-likeness (QED) is 0.601. The zero-order chi connectivity index (χ0) is 23.4. The minimum absolute atomic E-state index is 0.135. The van der Waals surface area contributed by atoms with Crippen LogP contribution >= 0.6 is 0 Å². The van der Waals surface area contributed by atoms with Gasteiger partial charge in [-0.1, -0.05) is 39.0 Å². The molecule has 1 unspecified atom stereocenters. The molecule has 0 bridgehead atoms. The molecule has 3 aliphatic rings. The first-order chi connectivity index (χ1) is 15.7. The molecule has 2 aromatic rings. The molecule has 3 heterocycles. The molecule has 1 aromatic heterocycles. The van der Waals surface area contributed by atoms with Crippen LogP contribution in [0.2, 0.25) is 0 Å². The van der Waals surface area contributed by atoms with Gasteiger partial charge < -0.3 is 5.32 Å². The van der Waals surface area contributed by atoms with E-state index < -0.39 is 11.8 Å². The molecule has 1 aliphatic carbocycles. The fourth-order valence-corrected chi connectivity index (χ4v) is 5.60. The van der Waals surface area contributed by atoms with Gasteiger partial charge in [0.2, 0.25) is 0 Å². The Hall–Kier alpha value is -3.22. The summed E-state index contributed by atoms with van der Waals surface area (Å²) in [5, 5.41) is 12.1. The van der Waals surface area contributed by atoms with E-state index in [-0.39, 0.29) is 23.1 Å². The molecule has 0 saturated heterocycles. The number of ketones is 1. The van der Waals surface area contributed by atoms with E-state index in [1.165, 1.54) is 12.3 Å². The first-order valence-corrected chi connectivity index (χ1v) is 11.2. The second-order valence-electron chi connectivity index (χ2n) is 9.77. The van der Waals surface area contributed by atoms with Gasteiger partial charge in [0.05, 0.1) is 11.6 Å². The summed E-state index contributed by atoms with van der Waals surface area (Å²) in [6, 6.07) is 11.0. The van der Waals surface area contributed by atoms with E-state index in [0.717, 1.165) is 34.4 Å². The Morgan fingerprint density at radius 2 is 1.94 bits per heavy atom. The number of hydrogen-bond donors (Lipinski definition) is 1. The zero-order valence-corrected chi connectivity index (χ0v) is 18.9. The highest BCUT2D eigenvalue weighted by atomic mass is 19.3. The van der Waals surface area contributed by atoms with Crippen molar-refractivity contribution in [3.8, 4) is 11.1 Å². The molecule has 0 radical (unpaired) electrons. The normalized spacial score (nSPS) is 25.6. The SMILES string of the molecule is CC[C@]1(c2cccc(-c3ccnc(C(F)F)c3)c2)C2=CN=NC2NC2=C1C(=O)CC(C)(C)C2. The molecular formula is C26H26F2N4O. The number of rotatable bonds is 4. The highest BCUT2D eigenvalue weighted by Gasteiger charge is 2.52. The van der Waals surface area contributed by atoms with Gasteiger partial charge in [0, 0.05) is 29.5 Å². The number of azo groups is 1. The number of allylic oxidation sites excluding steroid dienone is 2. The van der Waals surface area contributed by atoms with Gasteiger partial charge >= 0.3 is 0 Å². The fourth-order valence-electron chi connectivity index (χ4n) is 5.60. The van der Waals surface area contributed by atoms with Crippen LogP contribution in [0.15, 0.2) is 75.9 Å². The summed E-state index contributed by atoms with van der Waals surface area (Å²) in [5.41, 5.74) is 4.05. The Morgan fingerprint density at radius 1 is 1.15 bits per heavy atom. The van der Waals surface area contributed by atoms with Gasteiger partial charge in [-0.3, -0.25) is 9.78 Å². The molecule has 0 fully saturated rings. The van der Waals surface area contributed by atoms with Gasteiger partial charge in [0.1, 0.15) is 5.69 Å². The lowest BCUT2D eigenvalue weighted by molar-refractivity contribution is -0.119. The number of aromatic nitrogens is 1. The van der Waals surface area contributed by atoms with Crippen molar-refractivity contribution in [2.24, 2.45) is 15.6 Å². The maximum absolute atomic E-state index is 13.6. The molecule has 2 atom stereocenters. The van der Waals surface area contributed by atoms with Crippen LogP contribution in [0.25, 0.3) is 11.1 Å². The van der Waals surface area contributed by atoms with E-state index in [2.05, 4.69) is 41.3 Å². The Balaban J connectivity index is 1.70. The summed E-state index contributed by atoms with van der Waals surface area (Å²) in [5.74, 6) is 0.135. The largest absolute Gasteiger partial charge is 0.362 e. The van der Waals surface area contributed by atoms with Gasteiger partial charge in [-0.2, -0.15) is 10.2 Å². The molecule has 0 spiro atoms. The number of halogens is 2. The number of pyridine rings is 1. The minimum Gasteiger partial charge on any atom is -0.362 e. The van der Waals surface area contributed by atoms with Crippen LogP contribution in [0.3, 0.4) is 0 Å². The monoisotopic (exact) mass is 448 g/mol. The summed E-state index contributed by atoms with van der Waals surface area (Å²) in [6.45, 7) is 6.29. The number of Topliss-reactive ketones (excluding diaryl/α,β-unsaturated/α-hetero) is 1. The molecule has 33 heavy (non-hydrogen) atoms. The Kier molecular flexibility index (Phi) is 5.03. The van der Waals surface area contributed by atoms with Crippen molar-refractivity contribution < 1.29 is 13.6 Å². The second kappa shape index (κ2) is 7.68. The van der Waals surface area contributed by atoms with Crippen LogP contribution in [0.4, 0.5) is 8.78 Å². The van der Waals surface area contributed by atoms with Gasteiger partial charge in [-0.15, -0.1) is 0 Å². The molecule has 2 aliphatic heterocycles. The van der Waals surface area contributed by atoms with E-state index >= 15 is 0 Å². The van der Waals surface area contributed by atoms with Gasteiger partial charge in [0.25, 0.3) is 6.43 Å². The predicted octanol–water partition coefficient (Wildman–Crippen LogP) is 6.26. The van der Waals surface area contributed by atoms with Crippen molar-refractivity contribution in [3.05, 3.63) is 76.9 Å². The van der Waals surface area contributed by atoms with E-state index in [0.29, 0.717) is 18.4 Å². The number of nitrogens with one attached hydrogen (secondary N) is 1. The molecule has 0 saturated carbocycles. The van der Waals surface area contributed by atoms with Crippen LogP contribution in [0.1, 0.15) is 57.7 Å². The van der Waals surface area contributed by atoms with Crippen LogP contribution in [-0.4, -0.2) is 16.9 Å². The molecule has 170 valence electrons. The van der Waals surface area contributed by atoms with Crippen molar-refractivity contribution in [1.82, 2.24) is 10.3 Å². The highest BCUT2D eigenvalue weighted by Crippen LogP contribution is 2.54. The number of carbonyl (C=O) groups excluding carboxylic acids is 1. The highest BCUT2D eigenvalue weighted by molar-refractivity contribution is 6.01. The zero-order valence-electron chi connectivity index (χ0n) is 18.9. The Morgan fingerprint density at radius 3 is 2.70 bits per heavy atom. The summed E-state index contributed by atoms with van der Waals surface area (Å²) in [6.07, 6.45) is 2.13. The van der Waals surface area contributed by atoms with Crippen molar-refractivity contribution >= 4 is 5.78 Å². The Labute approximate surface area is 191 Å². The third-order valence-corrected chi connectivity index (χ3v) is 7.00. The number of benzene rings is 1. The van der Waals surface area contributed by atoms with Crippen molar-refractivity contribution in [2.45, 2.75) is 58.0 Å². The lowest BCUT2D eigenvalue weighted by Gasteiger charge is -2.47. The van der Waals surface area contributed by atoms with E-state index in [1.54, 1.807) is 12.3 Å². The maximum atomic E-state index is 13.6. The van der Waals surface area contributed by atoms with Crippen molar-refractivity contribution in [1.29, 1.82) is 0 Å². The predicted molar refractivity (Wildman–Crippen MR) is 122 cm³/mol. The topological polar surface area (TPSA) is 66.7 Å².